The van der Waals surface area contributed by atoms with Gasteiger partial charge in [-0.3, -0.25) is 9.69 Å². The molecule has 0 saturated carbocycles. The van der Waals surface area contributed by atoms with E-state index in [1.807, 2.05) is 55.5 Å². The Kier molecular flexibility index (Phi) is 5.87. The normalized spacial score (nSPS) is 18.2. The summed E-state index contributed by atoms with van der Waals surface area (Å²) >= 11 is 0. The van der Waals surface area contributed by atoms with E-state index in [9.17, 15) is 4.79 Å². The lowest BCUT2D eigenvalue weighted by Gasteiger charge is -2.28. The van der Waals surface area contributed by atoms with Crippen LogP contribution in [-0.4, -0.2) is 30.1 Å². The second-order valence-electron chi connectivity index (χ2n) is 6.10. The van der Waals surface area contributed by atoms with Crippen molar-refractivity contribution in [1.29, 1.82) is 0 Å². The molecule has 0 radical (unpaired) electrons. The molecule has 1 heterocycles. The van der Waals surface area contributed by atoms with Crippen molar-refractivity contribution < 1.29 is 9.53 Å². The first kappa shape index (κ1) is 17.3. The minimum Gasteiger partial charge on any atom is -0.465 e. The molecular formula is C22H23NO2. The average Bonchev–Trinajstić information content (AvgIpc) is 3.13. The Morgan fingerprint density at radius 1 is 1.16 bits per heavy atom. The van der Waals surface area contributed by atoms with Crippen molar-refractivity contribution in [3.8, 4) is 11.8 Å². The minimum absolute atomic E-state index is 0.113. The highest BCUT2D eigenvalue weighted by Crippen LogP contribution is 2.30. The van der Waals surface area contributed by atoms with E-state index in [0.29, 0.717) is 6.61 Å². The van der Waals surface area contributed by atoms with Gasteiger partial charge in [0.1, 0.15) is 6.04 Å². The van der Waals surface area contributed by atoms with Gasteiger partial charge in [-0.05, 0) is 37.5 Å². The SMILES string of the molecule is CCOC(=O)[C@@H]1CCCN1C(C#Cc1ccccc1)c1ccccc1. The van der Waals surface area contributed by atoms with E-state index in [1.54, 1.807) is 0 Å². The summed E-state index contributed by atoms with van der Waals surface area (Å²) in [5.74, 6) is 6.52. The number of benzene rings is 2. The third-order valence-electron chi connectivity index (χ3n) is 4.43. The molecule has 0 spiro atoms. The van der Waals surface area contributed by atoms with E-state index in [2.05, 4.69) is 28.9 Å². The lowest BCUT2D eigenvalue weighted by Crippen LogP contribution is -2.39. The first-order valence-electron chi connectivity index (χ1n) is 8.83. The van der Waals surface area contributed by atoms with E-state index >= 15 is 0 Å². The van der Waals surface area contributed by atoms with Gasteiger partial charge in [0.2, 0.25) is 0 Å². The molecule has 128 valence electrons. The van der Waals surface area contributed by atoms with Gasteiger partial charge in [0.25, 0.3) is 0 Å². The van der Waals surface area contributed by atoms with Crippen LogP contribution in [0.5, 0.6) is 0 Å². The standard InChI is InChI=1S/C22H23NO2/c1-2-25-22(24)21-14-9-17-23(21)20(19-12-7-4-8-13-19)16-15-18-10-5-3-6-11-18/h3-8,10-13,20-21H,2,9,14,17H2,1H3/t20?,21-/m0/s1. The molecular weight excluding hydrogens is 310 g/mol. The number of hydrogen-bond donors (Lipinski definition) is 0. The molecule has 2 atom stereocenters. The van der Waals surface area contributed by atoms with Crippen molar-refractivity contribution in [3.05, 3.63) is 71.8 Å². The molecule has 2 aromatic rings. The van der Waals surface area contributed by atoms with Crippen molar-refractivity contribution in [2.75, 3.05) is 13.2 Å². The summed E-state index contributed by atoms with van der Waals surface area (Å²) in [6.45, 7) is 3.11. The van der Waals surface area contributed by atoms with Gasteiger partial charge >= 0.3 is 5.97 Å². The third-order valence-corrected chi connectivity index (χ3v) is 4.43. The Hall–Kier alpha value is -2.57. The number of rotatable bonds is 4. The number of carbonyl (C=O) groups excluding carboxylic acids is 1. The Morgan fingerprint density at radius 3 is 2.52 bits per heavy atom. The number of nitrogens with zero attached hydrogens (tertiary/aromatic N) is 1. The number of esters is 1. The third kappa shape index (κ3) is 4.29. The summed E-state index contributed by atoms with van der Waals surface area (Å²) in [5, 5.41) is 0. The van der Waals surface area contributed by atoms with Crippen molar-refractivity contribution in [2.24, 2.45) is 0 Å². The largest absolute Gasteiger partial charge is 0.465 e. The van der Waals surface area contributed by atoms with E-state index in [0.717, 1.165) is 30.5 Å². The van der Waals surface area contributed by atoms with Gasteiger partial charge in [-0.1, -0.05) is 60.4 Å². The fourth-order valence-electron chi connectivity index (χ4n) is 3.26. The summed E-state index contributed by atoms with van der Waals surface area (Å²) in [6.07, 6.45) is 1.81. The molecule has 3 rings (SSSR count). The van der Waals surface area contributed by atoms with Gasteiger partial charge < -0.3 is 4.74 Å². The van der Waals surface area contributed by atoms with Gasteiger partial charge in [-0.25, -0.2) is 0 Å². The zero-order valence-electron chi connectivity index (χ0n) is 14.5. The molecule has 1 aliphatic rings. The van der Waals surface area contributed by atoms with Crippen molar-refractivity contribution in [3.63, 3.8) is 0 Å². The Bertz CT molecular complexity index is 746. The second kappa shape index (κ2) is 8.50. The van der Waals surface area contributed by atoms with Crippen LogP contribution in [0.3, 0.4) is 0 Å². The summed E-state index contributed by atoms with van der Waals surface area (Å²) in [6, 6.07) is 19.8. The lowest BCUT2D eigenvalue weighted by molar-refractivity contribution is -0.148. The van der Waals surface area contributed by atoms with Crippen LogP contribution in [0, 0.1) is 11.8 Å². The van der Waals surface area contributed by atoms with Crippen molar-refractivity contribution in [1.82, 2.24) is 4.90 Å². The predicted octanol–water partition coefficient (Wildman–Crippen LogP) is 3.81. The first-order valence-corrected chi connectivity index (χ1v) is 8.83. The van der Waals surface area contributed by atoms with Crippen LogP contribution in [0.1, 0.15) is 36.9 Å². The van der Waals surface area contributed by atoms with E-state index < -0.39 is 0 Å². The van der Waals surface area contributed by atoms with E-state index in [1.165, 1.54) is 0 Å². The highest BCUT2D eigenvalue weighted by molar-refractivity contribution is 5.76. The van der Waals surface area contributed by atoms with Crippen LogP contribution in [-0.2, 0) is 9.53 Å². The van der Waals surface area contributed by atoms with Crippen molar-refractivity contribution in [2.45, 2.75) is 31.8 Å². The van der Waals surface area contributed by atoms with Crippen LogP contribution in [0.15, 0.2) is 60.7 Å². The fourth-order valence-corrected chi connectivity index (χ4v) is 3.26. The number of carbonyl (C=O) groups is 1. The zero-order chi connectivity index (χ0) is 17.5. The zero-order valence-corrected chi connectivity index (χ0v) is 14.5. The van der Waals surface area contributed by atoms with Gasteiger partial charge in [-0.15, -0.1) is 0 Å². The first-order chi connectivity index (χ1) is 12.3. The van der Waals surface area contributed by atoms with E-state index in [-0.39, 0.29) is 18.1 Å². The number of hydrogen-bond acceptors (Lipinski definition) is 3. The highest BCUT2D eigenvalue weighted by Gasteiger charge is 2.36. The van der Waals surface area contributed by atoms with Gasteiger partial charge in [-0.2, -0.15) is 0 Å². The summed E-state index contributed by atoms with van der Waals surface area (Å²) in [7, 11) is 0. The summed E-state index contributed by atoms with van der Waals surface area (Å²) < 4.78 is 5.28. The molecule has 1 unspecified atom stereocenters. The molecule has 1 saturated heterocycles. The molecule has 0 aromatic heterocycles. The maximum absolute atomic E-state index is 12.4. The lowest BCUT2D eigenvalue weighted by atomic mass is 10.0. The molecule has 1 fully saturated rings. The molecule has 3 nitrogen and oxygen atoms in total. The van der Waals surface area contributed by atoms with Crippen LogP contribution < -0.4 is 0 Å². The molecule has 0 bridgehead atoms. The summed E-state index contributed by atoms with van der Waals surface area (Å²) in [5.41, 5.74) is 2.09. The maximum atomic E-state index is 12.4. The minimum atomic E-state index is -0.213. The monoisotopic (exact) mass is 333 g/mol. The van der Waals surface area contributed by atoms with Crippen molar-refractivity contribution >= 4 is 5.97 Å². The quantitative estimate of drug-likeness (QED) is 0.629. The highest BCUT2D eigenvalue weighted by atomic mass is 16.5. The van der Waals surface area contributed by atoms with E-state index in [4.69, 9.17) is 4.74 Å². The fraction of sp³-hybridized carbons (Fsp3) is 0.318. The smallest absolute Gasteiger partial charge is 0.323 e. The molecule has 25 heavy (non-hydrogen) atoms. The molecule has 0 aliphatic carbocycles. The average molecular weight is 333 g/mol. The number of likely N-dealkylation sites (tertiary alicyclic amines) is 1. The molecule has 0 N–H and O–H groups in total. The molecule has 1 aliphatic heterocycles. The molecule has 0 amide bonds. The second-order valence-corrected chi connectivity index (χ2v) is 6.10. The topological polar surface area (TPSA) is 29.5 Å². The van der Waals surface area contributed by atoms with Gasteiger partial charge in [0, 0.05) is 12.1 Å². The summed E-state index contributed by atoms with van der Waals surface area (Å²) in [4.78, 5) is 14.5. The van der Waals surface area contributed by atoms with Crippen LogP contribution in [0.2, 0.25) is 0 Å². The predicted molar refractivity (Wildman–Crippen MR) is 98.9 cm³/mol. The molecule has 2 aromatic carbocycles. The van der Waals surface area contributed by atoms with Gasteiger partial charge in [0.15, 0.2) is 0 Å². The van der Waals surface area contributed by atoms with Gasteiger partial charge in [0.05, 0.1) is 12.6 Å². The Morgan fingerprint density at radius 2 is 1.84 bits per heavy atom. The Balaban J connectivity index is 1.92. The van der Waals surface area contributed by atoms with Crippen LogP contribution in [0.4, 0.5) is 0 Å². The Labute approximate surface area is 149 Å². The van der Waals surface area contributed by atoms with Crippen LogP contribution >= 0.6 is 0 Å². The molecule has 3 heteroatoms. The maximum Gasteiger partial charge on any atom is 0.323 e. The number of ether oxygens (including phenoxy) is 1. The van der Waals surface area contributed by atoms with Crippen LogP contribution in [0.25, 0.3) is 0 Å².